The van der Waals surface area contributed by atoms with Gasteiger partial charge in [-0.15, -0.1) is 0 Å². The van der Waals surface area contributed by atoms with Gasteiger partial charge in [-0.05, 0) is 60.0 Å². The maximum Gasteiger partial charge on any atom is 0.394 e. The lowest BCUT2D eigenvalue weighted by Gasteiger charge is -2.25. The molecule has 42 heavy (non-hydrogen) atoms. The molecule has 1 N–H and O–H groups in total. The van der Waals surface area contributed by atoms with Crippen LogP contribution in [0.2, 0.25) is 0 Å². The van der Waals surface area contributed by atoms with E-state index in [0.717, 1.165) is 36.9 Å². The van der Waals surface area contributed by atoms with Crippen molar-refractivity contribution in [2.45, 2.75) is 30.5 Å². The number of likely N-dealkylation sites (N-methyl/N-ethyl adjacent to an activating group) is 1. The zero-order chi connectivity index (χ0) is 30.2. The van der Waals surface area contributed by atoms with Crippen LogP contribution in [-0.2, 0) is 36.3 Å². The van der Waals surface area contributed by atoms with Crippen LogP contribution in [0.25, 0.3) is 22.0 Å². The van der Waals surface area contributed by atoms with Gasteiger partial charge in [-0.2, -0.15) is 13.2 Å². The van der Waals surface area contributed by atoms with Gasteiger partial charge in [0.05, 0.1) is 36.2 Å². The second kappa shape index (κ2) is 11.4. The standard InChI is InChI=1S/C32H32F3N3O3S/c1-37-15-13-21-7-8-22(16-24(21)20-37)23-9-11-27-26(30(19-32(33,34)35)38(2)29(27)17-23)6-5-14-36-28-12-10-25(42(4,39)40)18-31(28)41-3/h7-12,16-18,36H,13-15,19-20H2,1-4H3. The second-order valence-electron chi connectivity index (χ2n) is 10.7. The van der Waals surface area contributed by atoms with Gasteiger partial charge >= 0.3 is 6.18 Å². The minimum absolute atomic E-state index is 0.101. The highest BCUT2D eigenvalue weighted by Gasteiger charge is 2.31. The van der Waals surface area contributed by atoms with E-state index < -0.39 is 22.4 Å². The molecule has 4 aromatic rings. The van der Waals surface area contributed by atoms with Gasteiger partial charge in [0.25, 0.3) is 0 Å². The number of aryl methyl sites for hydroxylation is 1. The maximum absolute atomic E-state index is 13.6. The van der Waals surface area contributed by atoms with Crippen LogP contribution in [0, 0.1) is 11.8 Å². The van der Waals surface area contributed by atoms with Gasteiger partial charge in [0.1, 0.15) is 5.75 Å². The molecule has 3 aromatic carbocycles. The SMILES string of the molecule is COc1cc(S(C)(=O)=O)ccc1NCC#Cc1c(CC(F)(F)F)n(C)c2cc(-c3ccc4c(c3)CN(C)CC4)ccc12. The van der Waals surface area contributed by atoms with Crippen LogP contribution in [0.15, 0.2) is 59.5 Å². The molecule has 0 saturated carbocycles. The molecular formula is C32H32F3N3O3S. The Kier molecular flexibility index (Phi) is 8.01. The van der Waals surface area contributed by atoms with Crippen LogP contribution in [0.1, 0.15) is 22.4 Å². The first kappa shape index (κ1) is 29.5. The topological polar surface area (TPSA) is 63.6 Å². The zero-order valence-corrected chi connectivity index (χ0v) is 24.7. The highest BCUT2D eigenvalue weighted by Crippen LogP contribution is 2.34. The fourth-order valence-electron chi connectivity index (χ4n) is 5.40. The number of sulfone groups is 1. The fraction of sp³-hybridized carbons (Fsp3) is 0.312. The van der Waals surface area contributed by atoms with Crippen molar-refractivity contribution in [3.63, 3.8) is 0 Å². The third kappa shape index (κ3) is 6.27. The van der Waals surface area contributed by atoms with Crippen LogP contribution in [-0.4, -0.2) is 57.6 Å². The average molecular weight is 596 g/mol. The number of hydrogen-bond donors (Lipinski definition) is 1. The van der Waals surface area contributed by atoms with Gasteiger partial charge in [-0.25, -0.2) is 8.42 Å². The smallest absolute Gasteiger partial charge is 0.394 e. The van der Waals surface area contributed by atoms with E-state index in [2.05, 4.69) is 47.3 Å². The molecule has 0 atom stereocenters. The Hall–Kier alpha value is -3.94. The lowest BCUT2D eigenvalue weighted by atomic mass is 9.94. The molecule has 1 aliphatic rings. The van der Waals surface area contributed by atoms with Crippen molar-refractivity contribution in [1.29, 1.82) is 0 Å². The predicted octanol–water partition coefficient (Wildman–Crippen LogP) is 5.81. The Morgan fingerprint density at radius 2 is 1.74 bits per heavy atom. The molecule has 0 spiro atoms. The van der Waals surface area contributed by atoms with Gasteiger partial charge in [0.15, 0.2) is 9.84 Å². The number of nitrogens with one attached hydrogen (secondary N) is 1. The number of hydrogen-bond acceptors (Lipinski definition) is 5. The van der Waals surface area contributed by atoms with Gasteiger partial charge in [-0.1, -0.05) is 36.1 Å². The summed E-state index contributed by atoms with van der Waals surface area (Å²) in [6.45, 7) is 2.00. The number of fused-ring (bicyclic) bond motifs is 2. The van der Waals surface area contributed by atoms with Crippen LogP contribution < -0.4 is 10.1 Å². The van der Waals surface area contributed by atoms with Crippen LogP contribution in [0.3, 0.4) is 0 Å². The van der Waals surface area contributed by atoms with Crippen molar-refractivity contribution in [2.24, 2.45) is 7.05 Å². The first-order valence-electron chi connectivity index (χ1n) is 13.4. The average Bonchev–Trinajstić information content (AvgIpc) is 3.18. The number of aromatic nitrogens is 1. The summed E-state index contributed by atoms with van der Waals surface area (Å²) in [5.41, 5.74) is 6.20. The van der Waals surface area contributed by atoms with Crippen molar-refractivity contribution in [3.8, 4) is 28.7 Å². The third-order valence-electron chi connectivity index (χ3n) is 7.61. The zero-order valence-electron chi connectivity index (χ0n) is 23.9. The molecule has 2 heterocycles. The van der Waals surface area contributed by atoms with E-state index in [1.807, 2.05) is 18.2 Å². The molecular weight excluding hydrogens is 563 g/mol. The number of anilines is 1. The normalized spacial score (nSPS) is 13.9. The van der Waals surface area contributed by atoms with Gasteiger partial charge in [0, 0.05) is 49.1 Å². The number of benzene rings is 3. The lowest BCUT2D eigenvalue weighted by Crippen LogP contribution is -2.26. The molecule has 0 fully saturated rings. The Balaban J connectivity index is 1.48. The molecule has 5 rings (SSSR count). The van der Waals surface area contributed by atoms with Crippen molar-refractivity contribution < 1.29 is 26.3 Å². The molecule has 0 amide bonds. The van der Waals surface area contributed by atoms with Gasteiger partial charge in [-0.3, -0.25) is 0 Å². The Bertz CT molecular complexity index is 1830. The minimum atomic E-state index is -4.40. The summed E-state index contributed by atoms with van der Waals surface area (Å²) in [6, 6.07) is 16.6. The molecule has 220 valence electrons. The molecule has 0 saturated heterocycles. The molecule has 1 aliphatic heterocycles. The quantitative estimate of drug-likeness (QED) is 0.285. The van der Waals surface area contributed by atoms with E-state index in [0.29, 0.717) is 27.9 Å². The number of rotatable bonds is 6. The summed E-state index contributed by atoms with van der Waals surface area (Å²) >= 11 is 0. The van der Waals surface area contributed by atoms with E-state index in [4.69, 9.17) is 4.74 Å². The Morgan fingerprint density at radius 3 is 2.45 bits per heavy atom. The molecule has 1 aromatic heterocycles. The lowest BCUT2D eigenvalue weighted by molar-refractivity contribution is -0.128. The highest BCUT2D eigenvalue weighted by molar-refractivity contribution is 7.90. The number of alkyl halides is 3. The summed E-state index contributed by atoms with van der Waals surface area (Å²) in [7, 11) is 1.75. The van der Waals surface area contributed by atoms with Crippen molar-refractivity contribution in [1.82, 2.24) is 9.47 Å². The molecule has 0 radical (unpaired) electrons. The number of methoxy groups -OCH3 is 1. The van der Waals surface area contributed by atoms with Crippen molar-refractivity contribution >= 4 is 26.4 Å². The molecule has 6 nitrogen and oxygen atoms in total. The van der Waals surface area contributed by atoms with E-state index in [1.54, 1.807) is 17.7 Å². The van der Waals surface area contributed by atoms with Crippen LogP contribution in [0.5, 0.6) is 5.75 Å². The Morgan fingerprint density at radius 1 is 1.00 bits per heavy atom. The summed E-state index contributed by atoms with van der Waals surface area (Å²) < 4.78 is 71.5. The van der Waals surface area contributed by atoms with E-state index >= 15 is 0 Å². The number of nitrogens with zero attached hydrogens (tertiary/aromatic N) is 2. The molecule has 0 aliphatic carbocycles. The maximum atomic E-state index is 13.6. The monoisotopic (exact) mass is 595 g/mol. The predicted molar refractivity (Wildman–Crippen MR) is 160 cm³/mol. The largest absolute Gasteiger partial charge is 0.495 e. The van der Waals surface area contributed by atoms with E-state index in [9.17, 15) is 21.6 Å². The van der Waals surface area contributed by atoms with Crippen molar-refractivity contribution in [2.75, 3.05) is 38.8 Å². The van der Waals surface area contributed by atoms with E-state index in [-0.39, 0.29) is 17.1 Å². The first-order chi connectivity index (χ1) is 19.8. The highest BCUT2D eigenvalue weighted by atomic mass is 32.2. The first-order valence-corrected chi connectivity index (χ1v) is 15.3. The van der Waals surface area contributed by atoms with Gasteiger partial charge in [0.2, 0.25) is 0 Å². The van der Waals surface area contributed by atoms with Crippen LogP contribution in [0.4, 0.5) is 18.9 Å². The second-order valence-corrected chi connectivity index (χ2v) is 12.7. The summed E-state index contributed by atoms with van der Waals surface area (Å²) in [4.78, 5) is 2.39. The third-order valence-corrected chi connectivity index (χ3v) is 8.72. The Labute approximate surface area is 244 Å². The fourth-order valence-corrected chi connectivity index (χ4v) is 6.04. The van der Waals surface area contributed by atoms with Crippen molar-refractivity contribution in [3.05, 3.63) is 77.0 Å². The van der Waals surface area contributed by atoms with Gasteiger partial charge < -0.3 is 19.5 Å². The molecule has 0 unspecified atom stereocenters. The molecule has 0 bridgehead atoms. The molecule has 10 heteroatoms. The summed E-state index contributed by atoms with van der Waals surface area (Å²) in [6.07, 6.45) is -3.40. The number of ether oxygens (including phenoxy) is 1. The van der Waals surface area contributed by atoms with E-state index in [1.165, 1.54) is 30.4 Å². The summed E-state index contributed by atoms with van der Waals surface area (Å²) in [5.74, 6) is 6.24. The summed E-state index contributed by atoms with van der Waals surface area (Å²) in [5, 5.41) is 3.72. The van der Waals surface area contributed by atoms with Crippen LogP contribution >= 0.6 is 0 Å². The minimum Gasteiger partial charge on any atom is -0.495 e. The number of halogens is 3.